The van der Waals surface area contributed by atoms with Gasteiger partial charge in [-0.15, -0.1) is 0 Å². The third-order valence-electron chi connectivity index (χ3n) is 4.61. The number of aryl methyl sites for hydroxylation is 1. The summed E-state index contributed by atoms with van der Waals surface area (Å²) in [5.74, 6) is 2.33. The first kappa shape index (κ1) is 18.8. The van der Waals surface area contributed by atoms with E-state index in [1.54, 1.807) is 17.9 Å². The summed E-state index contributed by atoms with van der Waals surface area (Å²) in [6, 6.07) is 12.9. The highest BCUT2D eigenvalue weighted by molar-refractivity contribution is 5.94. The molecule has 27 heavy (non-hydrogen) atoms. The van der Waals surface area contributed by atoms with Crippen LogP contribution in [0.25, 0.3) is 17.1 Å². The van der Waals surface area contributed by atoms with Gasteiger partial charge in [0.2, 0.25) is 0 Å². The second-order valence-electron chi connectivity index (χ2n) is 6.94. The molecule has 2 aromatic heterocycles. The third-order valence-corrected chi connectivity index (χ3v) is 4.61. The van der Waals surface area contributed by atoms with Crippen LogP contribution in [0.1, 0.15) is 37.0 Å². The molecule has 0 fully saturated rings. The van der Waals surface area contributed by atoms with E-state index in [1.807, 2.05) is 50.2 Å². The van der Waals surface area contributed by atoms with E-state index in [4.69, 9.17) is 9.15 Å². The summed E-state index contributed by atoms with van der Waals surface area (Å²) in [6.07, 6.45) is 0. The number of methoxy groups -OCH3 is 1. The molecule has 1 aromatic carbocycles. The number of nitrogens with zero attached hydrogens (tertiary/aromatic N) is 2. The number of hydrogen-bond acceptors (Lipinski definition) is 4. The zero-order valence-electron chi connectivity index (χ0n) is 16.3. The van der Waals surface area contributed by atoms with E-state index in [0.29, 0.717) is 23.1 Å². The maximum absolute atomic E-state index is 12.9. The standard InChI is InChI=1S/C21H25N3O3/c1-13(2)15(4)22-21(25)19-12-18(20-11-6-14(3)27-20)23-24(19)16-7-9-17(26-5)10-8-16/h6-13,15H,1-5H3,(H,22,25)/t15-/m1/s1. The number of nitrogens with one attached hydrogen (secondary N) is 1. The Hall–Kier alpha value is -3.02. The lowest BCUT2D eigenvalue weighted by Gasteiger charge is -2.17. The molecule has 0 aliphatic rings. The van der Waals surface area contributed by atoms with Crippen LogP contribution in [0.2, 0.25) is 0 Å². The number of carbonyl (C=O) groups excluding carboxylic acids is 1. The minimum absolute atomic E-state index is 0.0472. The average molecular weight is 367 g/mol. The Morgan fingerprint density at radius 2 is 1.85 bits per heavy atom. The van der Waals surface area contributed by atoms with Crippen LogP contribution in [0, 0.1) is 12.8 Å². The maximum Gasteiger partial charge on any atom is 0.270 e. The monoisotopic (exact) mass is 367 g/mol. The highest BCUT2D eigenvalue weighted by Gasteiger charge is 2.21. The van der Waals surface area contributed by atoms with E-state index in [0.717, 1.165) is 17.2 Å². The first-order chi connectivity index (χ1) is 12.9. The Bertz CT molecular complexity index is 923. The smallest absolute Gasteiger partial charge is 0.270 e. The van der Waals surface area contributed by atoms with Crippen LogP contribution in [0.4, 0.5) is 0 Å². The normalized spacial score (nSPS) is 12.2. The first-order valence-electron chi connectivity index (χ1n) is 9.01. The molecule has 142 valence electrons. The molecule has 0 radical (unpaired) electrons. The third kappa shape index (κ3) is 4.05. The second-order valence-corrected chi connectivity index (χ2v) is 6.94. The Morgan fingerprint density at radius 3 is 2.41 bits per heavy atom. The molecule has 1 amide bonds. The highest BCUT2D eigenvalue weighted by atomic mass is 16.5. The van der Waals surface area contributed by atoms with Crippen LogP contribution in [0.3, 0.4) is 0 Å². The molecule has 2 heterocycles. The van der Waals surface area contributed by atoms with Gasteiger partial charge < -0.3 is 14.5 Å². The van der Waals surface area contributed by atoms with Crippen molar-refractivity contribution in [1.29, 1.82) is 0 Å². The molecular weight excluding hydrogens is 342 g/mol. The van der Waals surface area contributed by atoms with Crippen LogP contribution < -0.4 is 10.1 Å². The van der Waals surface area contributed by atoms with Gasteiger partial charge in [-0.2, -0.15) is 5.10 Å². The fourth-order valence-corrected chi connectivity index (χ4v) is 2.60. The molecule has 1 atom stereocenters. The average Bonchev–Trinajstić information content (AvgIpc) is 3.28. The summed E-state index contributed by atoms with van der Waals surface area (Å²) in [6.45, 7) is 8.01. The van der Waals surface area contributed by atoms with Crippen molar-refractivity contribution in [1.82, 2.24) is 15.1 Å². The lowest BCUT2D eigenvalue weighted by Crippen LogP contribution is -2.37. The Kier molecular flexibility index (Phi) is 5.35. The first-order valence-corrected chi connectivity index (χ1v) is 9.01. The molecule has 0 bridgehead atoms. The number of benzene rings is 1. The highest BCUT2D eigenvalue weighted by Crippen LogP contribution is 2.25. The summed E-state index contributed by atoms with van der Waals surface area (Å²) in [5.41, 5.74) is 1.84. The van der Waals surface area contributed by atoms with Crippen LogP contribution in [-0.2, 0) is 0 Å². The molecule has 0 unspecified atom stereocenters. The van der Waals surface area contributed by atoms with Gasteiger partial charge in [-0.25, -0.2) is 4.68 Å². The van der Waals surface area contributed by atoms with Gasteiger partial charge in [0, 0.05) is 12.1 Å². The minimum Gasteiger partial charge on any atom is -0.497 e. The Labute approximate surface area is 159 Å². The molecular formula is C21H25N3O3. The zero-order valence-corrected chi connectivity index (χ0v) is 16.3. The van der Waals surface area contributed by atoms with Crippen molar-refractivity contribution in [3.8, 4) is 22.9 Å². The van der Waals surface area contributed by atoms with Gasteiger partial charge in [-0.1, -0.05) is 13.8 Å². The second kappa shape index (κ2) is 7.70. The lowest BCUT2D eigenvalue weighted by molar-refractivity contribution is 0.0922. The van der Waals surface area contributed by atoms with Crippen LogP contribution in [-0.4, -0.2) is 28.8 Å². The van der Waals surface area contributed by atoms with Gasteiger partial charge >= 0.3 is 0 Å². The van der Waals surface area contributed by atoms with Crippen molar-refractivity contribution in [3.05, 3.63) is 53.9 Å². The quantitative estimate of drug-likeness (QED) is 0.708. The van der Waals surface area contributed by atoms with E-state index in [-0.39, 0.29) is 11.9 Å². The summed E-state index contributed by atoms with van der Waals surface area (Å²) in [7, 11) is 1.62. The van der Waals surface area contributed by atoms with E-state index < -0.39 is 0 Å². The van der Waals surface area contributed by atoms with Gasteiger partial charge in [0.1, 0.15) is 22.9 Å². The molecule has 0 saturated carbocycles. The van der Waals surface area contributed by atoms with Crippen LogP contribution in [0.5, 0.6) is 5.75 Å². The van der Waals surface area contributed by atoms with Crippen molar-refractivity contribution < 1.29 is 13.9 Å². The van der Waals surface area contributed by atoms with Gasteiger partial charge in [-0.3, -0.25) is 4.79 Å². The van der Waals surface area contributed by atoms with Crippen molar-refractivity contribution in [3.63, 3.8) is 0 Å². The Balaban J connectivity index is 2.03. The molecule has 6 heteroatoms. The summed E-state index contributed by atoms with van der Waals surface area (Å²) in [4.78, 5) is 12.9. The number of carbonyl (C=O) groups is 1. The number of rotatable bonds is 6. The maximum atomic E-state index is 12.9. The predicted molar refractivity (Wildman–Crippen MR) is 104 cm³/mol. The summed E-state index contributed by atoms with van der Waals surface area (Å²) in [5, 5.41) is 7.66. The molecule has 6 nitrogen and oxygen atoms in total. The number of ether oxygens (including phenoxy) is 1. The van der Waals surface area contributed by atoms with Crippen LogP contribution in [0.15, 0.2) is 46.9 Å². The van der Waals surface area contributed by atoms with Gasteiger partial charge in [-0.05, 0) is 56.2 Å². The summed E-state index contributed by atoms with van der Waals surface area (Å²) >= 11 is 0. The number of aromatic nitrogens is 2. The SMILES string of the molecule is COc1ccc(-n2nc(-c3ccc(C)o3)cc2C(=O)N[C@H](C)C(C)C)cc1. The van der Waals surface area contributed by atoms with E-state index in [9.17, 15) is 4.79 Å². The molecule has 0 saturated heterocycles. The molecule has 3 aromatic rings. The van der Waals surface area contributed by atoms with Gasteiger partial charge in [0.15, 0.2) is 5.76 Å². The zero-order chi connectivity index (χ0) is 19.6. The van der Waals surface area contributed by atoms with Crippen molar-refractivity contribution in [2.45, 2.75) is 33.7 Å². The van der Waals surface area contributed by atoms with Gasteiger partial charge in [0.05, 0.1) is 12.8 Å². The number of amides is 1. The molecule has 0 aliphatic heterocycles. The molecule has 3 rings (SSSR count). The molecule has 1 N–H and O–H groups in total. The molecule has 0 aliphatic carbocycles. The topological polar surface area (TPSA) is 69.3 Å². The fraction of sp³-hybridized carbons (Fsp3) is 0.333. The number of hydrogen-bond donors (Lipinski definition) is 1. The van der Waals surface area contributed by atoms with Crippen molar-refractivity contribution in [2.24, 2.45) is 5.92 Å². The van der Waals surface area contributed by atoms with Crippen molar-refractivity contribution >= 4 is 5.91 Å². The van der Waals surface area contributed by atoms with E-state index in [2.05, 4.69) is 24.3 Å². The molecule has 0 spiro atoms. The Morgan fingerprint density at radius 1 is 1.15 bits per heavy atom. The van der Waals surface area contributed by atoms with Gasteiger partial charge in [0.25, 0.3) is 5.91 Å². The van der Waals surface area contributed by atoms with E-state index in [1.165, 1.54) is 0 Å². The van der Waals surface area contributed by atoms with E-state index >= 15 is 0 Å². The van der Waals surface area contributed by atoms with Crippen LogP contribution >= 0.6 is 0 Å². The van der Waals surface area contributed by atoms with Crippen molar-refractivity contribution in [2.75, 3.05) is 7.11 Å². The largest absolute Gasteiger partial charge is 0.497 e. The lowest BCUT2D eigenvalue weighted by atomic mass is 10.1. The fourth-order valence-electron chi connectivity index (χ4n) is 2.60. The summed E-state index contributed by atoms with van der Waals surface area (Å²) < 4.78 is 12.5. The number of furan rings is 1. The minimum atomic E-state index is -0.172. The predicted octanol–water partition coefficient (Wildman–Crippen LogP) is 4.22.